The van der Waals surface area contributed by atoms with Crippen molar-refractivity contribution < 1.29 is 22.3 Å². The lowest BCUT2D eigenvalue weighted by Crippen LogP contribution is -2.13. The van der Waals surface area contributed by atoms with Crippen molar-refractivity contribution >= 4 is 15.7 Å². The monoisotopic (exact) mass is 325 g/mol. The molecule has 118 valence electrons. The van der Waals surface area contributed by atoms with Crippen LogP contribution >= 0.6 is 0 Å². The van der Waals surface area contributed by atoms with E-state index in [0.29, 0.717) is 18.0 Å². The van der Waals surface area contributed by atoms with Gasteiger partial charge in [-0.2, -0.15) is 0 Å². The summed E-state index contributed by atoms with van der Waals surface area (Å²) in [5, 5.41) is 0. The second-order valence-corrected chi connectivity index (χ2v) is 6.05. The molecule has 0 unspecified atom stereocenters. The molecule has 2 rings (SSSR count). The molecule has 1 N–H and O–H groups in total. The summed E-state index contributed by atoms with van der Waals surface area (Å²) in [6.45, 7) is 2.30. The zero-order chi connectivity index (χ0) is 16.2. The van der Waals surface area contributed by atoms with Crippen LogP contribution in [0.4, 0.5) is 10.1 Å². The summed E-state index contributed by atoms with van der Waals surface area (Å²) in [7, 11) is -2.58. The van der Waals surface area contributed by atoms with E-state index in [9.17, 15) is 12.8 Å². The molecule has 0 bridgehead atoms. The molecular formula is C15H16FNO4S. The Morgan fingerprint density at radius 3 is 2.59 bits per heavy atom. The molecule has 0 spiro atoms. The van der Waals surface area contributed by atoms with Gasteiger partial charge in [0, 0.05) is 6.07 Å². The van der Waals surface area contributed by atoms with Gasteiger partial charge in [-0.05, 0) is 37.3 Å². The Bertz CT molecular complexity index is 762. The van der Waals surface area contributed by atoms with Gasteiger partial charge in [0.25, 0.3) is 10.0 Å². The number of anilines is 1. The van der Waals surface area contributed by atoms with E-state index in [4.69, 9.17) is 9.47 Å². The van der Waals surface area contributed by atoms with Gasteiger partial charge in [0.2, 0.25) is 0 Å². The van der Waals surface area contributed by atoms with Crippen molar-refractivity contribution in [3.8, 4) is 11.5 Å². The Balaban J connectivity index is 2.27. The van der Waals surface area contributed by atoms with Crippen LogP contribution in [0.1, 0.15) is 6.92 Å². The van der Waals surface area contributed by atoms with Crippen LogP contribution in [-0.2, 0) is 10.0 Å². The largest absolute Gasteiger partial charge is 0.494 e. The maximum Gasteiger partial charge on any atom is 0.262 e. The number of rotatable bonds is 6. The SMILES string of the molecule is CCOc1cccc(NS(=O)(=O)c2ccc(OC)c(F)c2)c1. The molecule has 0 aromatic heterocycles. The quantitative estimate of drug-likeness (QED) is 0.886. The van der Waals surface area contributed by atoms with Crippen LogP contribution in [0.25, 0.3) is 0 Å². The second-order valence-electron chi connectivity index (χ2n) is 4.36. The third-order valence-electron chi connectivity index (χ3n) is 2.83. The highest BCUT2D eigenvalue weighted by Gasteiger charge is 2.17. The fourth-order valence-corrected chi connectivity index (χ4v) is 2.91. The molecule has 0 saturated carbocycles. The molecule has 0 heterocycles. The van der Waals surface area contributed by atoms with E-state index in [1.165, 1.54) is 19.2 Å². The molecule has 5 nitrogen and oxygen atoms in total. The topological polar surface area (TPSA) is 64.6 Å². The standard InChI is InChI=1S/C15H16FNO4S/c1-3-21-12-6-4-5-11(9-12)17-22(18,19)13-7-8-15(20-2)14(16)10-13/h4-10,17H,3H2,1-2H3. The highest BCUT2D eigenvalue weighted by Crippen LogP contribution is 2.24. The van der Waals surface area contributed by atoms with Crippen LogP contribution < -0.4 is 14.2 Å². The van der Waals surface area contributed by atoms with Crippen molar-refractivity contribution in [2.24, 2.45) is 0 Å². The predicted octanol–water partition coefficient (Wildman–Crippen LogP) is 3.03. The van der Waals surface area contributed by atoms with Crippen molar-refractivity contribution in [3.05, 3.63) is 48.3 Å². The summed E-state index contributed by atoms with van der Waals surface area (Å²) in [5.41, 5.74) is 0.335. The minimum Gasteiger partial charge on any atom is -0.494 e. The van der Waals surface area contributed by atoms with Gasteiger partial charge in [0.1, 0.15) is 5.75 Å². The van der Waals surface area contributed by atoms with Crippen molar-refractivity contribution in [1.29, 1.82) is 0 Å². The molecule has 2 aromatic carbocycles. The third kappa shape index (κ3) is 3.67. The molecule has 0 fully saturated rings. The van der Waals surface area contributed by atoms with E-state index in [1.807, 2.05) is 6.92 Å². The highest BCUT2D eigenvalue weighted by atomic mass is 32.2. The van der Waals surface area contributed by atoms with Gasteiger partial charge in [0.15, 0.2) is 11.6 Å². The first kappa shape index (κ1) is 16.1. The molecular weight excluding hydrogens is 309 g/mol. The van der Waals surface area contributed by atoms with Gasteiger partial charge in [0.05, 0.1) is 24.3 Å². The van der Waals surface area contributed by atoms with Crippen LogP contribution in [0.15, 0.2) is 47.4 Å². The second kappa shape index (κ2) is 6.65. The summed E-state index contributed by atoms with van der Waals surface area (Å²) < 4.78 is 50.6. The third-order valence-corrected chi connectivity index (χ3v) is 4.21. The first-order chi connectivity index (χ1) is 10.5. The molecule has 0 saturated heterocycles. The lowest BCUT2D eigenvalue weighted by atomic mass is 10.3. The van der Waals surface area contributed by atoms with Gasteiger partial charge in [-0.25, -0.2) is 12.8 Å². The van der Waals surface area contributed by atoms with Crippen molar-refractivity contribution in [1.82, 2.24) is 0 Å². The highest BCUT2D eigenvalue weighted by molar-refractivity contribution is 7.92. The van der Waals surface area contributed by atoms with Gasteiger partial charge < -0.3 is 9.47 Å². The van der Waals surface area contributed by atoms with E-state index in [2.05, 4.69) is 4.72 Å². The molecule has 7 heteroatoms. The van der Waals surface area contributed by atoms with E-state index in [1.54, 1.807) is 24.3 Å². The average Bonchev–Trinajstić information content (AvgIpc) is 2.47. The Labute approximate surface area is 128 Å². The average molecular weight is 325 g/mol. The van der Waals surface area contributed by atoms with Gasteiger partial charge in [-0.3, -0.25) is 4.72 Å². The number of ether oxygens (including phenoxy) is 2. The fourth-order valence-electron chi connectivity index (χ4n) is 1.84. The first-order valence-electron chi connectivity index (χ1n) is 6.55. The summed E-state index contributed by atoms with van der Waals surface area (Å²) in [4.78, 5) is -0.187. The Hall–Kier alpha value is -2.28. The van der Waals surface area contributed by atoms with E-state index in [-0.39, 0.29) is 10.6 Å². The minimum absolute atomic E-state index is 0.0164. The fraction of sp³-hybridized carbons (Fsp3) is 0.200. The molecule has 0 aliphatic heterocycles. The number of hydrogen-bond acceptors (Lipinski definition) is 4. The number of nitrogens with one attached hydrogen (secondary N) is 1. The predicted molar refractivity (Wildman–Crippen MR) is 81.4 cm³/mol. The molecule has 0 aliphatic rings. The van der Waals surface area contributed by atoms with Crippen LogP contribution in [0.5, 0.6) is 11.5 Å². The first-order valence-corrected chi connectivity index (χ1v) is 8.04. The summed E-state index contributed by atoms with van der Waals surface area (Å²) >= 11 is 0. The number of benzene rings is 2. The summed E-state index contributed by atoms with van der Waals surface area (Å²) in [6, 6.07) is 9.97. The van der Waals surface area contributed by atoms with Crippen LogP contribution in [-0.4, -0.2) is 22.1 Å². The maximum atomic E-state index is 13.6. The normalized spacial score (nSPS) is 11.0. The van der Waals surface area contributed by atoms with Crippen LogP contribution in [0.3, 0.4) is 0 Å². The van der Waals surface area contributed by atoms with Crippen molar-refractivity contribution in [3.63, 3.8) is 0 Å². The minimum atomic E-state index is -3.89. The molecule has 0 atom stereocenters. The van der Waals surface area contributed by atoms with Gasteiger partial charge in [-0.15, -0.1) is 0 Å². The summed E-state index contributed by atoms with van der Waals surface area (Å²) in [5.74, 6) is -0.214. The molecule has 22 heavy (non-hydrogen) atoms. The zero-order valence-corrected chi connectivity index (χ0v) is 13.0. The molecule has 0 aliphatic carbocycles. The van der Waals surface area contributed by atoms with E-state index < -0.39 is 15.8 Å². The summed E-state index contributed by atoms with van der Waals surface area (Å²) in [6.07, 6.45) is 0. The van der Waals surface area contributed by atoms with Crippen LogP contribution in [0, 0.1) is 5.82 Å². The molecule has 0 amide bonds. The Kier molecular flexibility index (Phi) is 4.87. The molecule has 2 aromatic rings. The Morgan fingerprint density at radius 1 is 1.18 bits per heavy atom. The van der Waals surface area contributed by atoms with E-state index >= 15 is 0 Å². The lowest BCUT2D eigenvalue weighted by molar-refractivity contribution is 0.340. The lowest BCUT2D eigenvalue weighted by Gasteiger charge is -2.10. The maximum absolute atomic E-state index is 13.6. The van der Waals surface area contributed by atoms with Crippen molar-refractivity contribution in [2.45, 2.75) is 11.8 Å². The number of sulfonamides is 1. The number of hydrogen-bond donors (Lipinski definition) is 1. The Morgan fingerprint density at radius 2 is 1.95 bits per heavy atom. The molecule has 0 radical (unpaired) electrons. The smallest absolute Gasteiger partial charge is 0.262 e. The van der Waals surface area contributed by atoms with Gasteiger partial charge in [-0.1, -0.05) is 6.07 Å². The van der Waals surface area contributed by atoms with Crippen LogP contribution in [0.2, 0.25) is 0 Å². The van der Waals surface area contributed by atoms with Gasteiger partial charge >= 0.3 is 0 Å². The zero-order valence-electron chi connectivity index (χ0n) is 12.2. The van der Waals surface area contributed by atoms with Crippen molar-refractivity contribution in [2.75, 3.05) is 18.4 Å². The van der Waals surface area contributed by atoms with E-state index in [0.717, 1.165) is 6.07 Å². The number of methoxy groups -OCH3 is 1. The number of halogens is 1.